The van der Waals surface area contributed by atoms with E-state index in [2.05, 4.69) is 32.6 Å². The molecule has 0 saturated heterocycles. The van der Waals surface area contributed by atoms with Crippen molar-refractivity contribution in [3.05, 3.63) is 0 Å². The minimum atomic E-state index is 0.437. The minimum absolute atomic E-state index is 0.437. The van der Waals surface area contributed by atoms with Crippen molar-refractivity contribution in [2.75, 3.05) is 26.8 Å². The van der Waals surface area contributed by atoms with E-state index in [1.807, 2.05) is 0 Å². The monoisotopic (exact) mass is 244 g/mol. The Labute approximate surface area is 108 Å². The average Bonchev–Trinajstić information content (AvgIpc) is 2.28. The molecule has 0 aliphatic rings. The van der Waals surface area contributed by atoms with Gasteiger partial charge in [0.1, 0.15) is 0 Å². The summed E-state index contributed by atoms with van der Waals surface area (Å²) in [6.45, 7) is 11.7. The zero-order valence-corrected chi connectivity index (χ0v) is 12.4. The summed E-state index contributed by atoms with van der Waals surface area (Å²) in [7, 11) is 1.76. The van der Waals surface area contributed by atoms with Gasteiger partial charge < -0.3 is 10.5 Å². The van der Waals surface area contributed by atoms with Gasteiger partial charge in [0.2, 0.25) is 0 Å². The lowest BCUT2D eigenvalue weighted by Gasteiger charge is -2.37. The smallest absolute Gasteiger partial charge is 0.0503 e. The van der Waals surface area contributed by atoms with Crippen molar-refractivity contribution in [3.8, 4) is 0 Å². The number of hydrogen-bond donors (Lipinski definition) is 1. The van der Waals surface area contributed by atoms with Crippen LogP contribution in [0.15, 0.2) is 0 Å². The molecular formula is C14H32N2O. The van der Waals surface area contributed by atoms with Gasteiger partial charge in [0, 0.05) is 25.7 Å². The molecule has 0 rings (SSSR count). The summed E-state index contributed by atoms with van der Waals surface area (Å²) in [4.78, 5) is 2.54. The first-order valence-electron chi connectivity index (χ1n) is 7.03. The van der Waals surface area contributed by atoms with Crippen molar-refractivity contribution < 1.29 is 4.74 Å². The molecule has 0 aliphatic carbocycles. The van der Waals surface area contributed by atoms with Crippen LogP contribution in [0.4, 0.5) is 0 Å². The molecule has 3 heteroatoms. The van der Waals surface area contributed by atoms with Crippen molar-refractivity contribution in [1.29, 1.82) is 0 Å². The summed E-state index contributed by atoms with van der Waals surface area (Å²) >= 11 is 0. The maximum atomic E-state index is 5.95. The lowest BCUT2D eigenvalue weighted by Crippen LogP contribution is -2.49. The normalized spacial score (nSPS) is 15.5. The topological polar surface area (TPSA) is 38.5 Å². The van der Waals surface area contributed by atoms with Crippen molar-refractivity contribution in [2.45, 2.75) is 59.0 Å². The third-order valence-electron chi connectivity index (χ3n) is 3.44. The molecule has 0 heterocycles. The quantitative estimate of drug-likeness (QED) is 0.600. The molecule has 2 unspecified atom stereocenters. The Morgan fingerprint density at radius 1 is 1.18 bits per heavy atom. The number of nitrogens with zero attached hydrogens (tertiary/aromatic N) is 1. The van der Waals surface area contributed by atoms with Crippen molar-refractivity contribution in [2.24, 2.45) is 11.7 Å². The Kier molecular flexibility index (Phi) is 9.79. The Hall–Kier alpha value is -0.120. The van der Waals surface area contributed by atoms with E-state index < -0.39 is 0 Å². The van der Waals surface area contributed by atoms with Gasteiger partial charge in [0.15, 0.2) is 0 Å². The summed E-state index contributed by atoms with van der Waals surface area (Å²) in [6.07, 6.45) is 3.84. The highest BCUT2D eigenvalue weighted by molar-refractivity contribution is 4.80. The largest absolute Gasteiger partial charge is 0.384 e. The lowest BCUT2D eigenvalue weighted by molar-refractivity contribution is 0.0660. The van der Waals surface area contributed by atoms with Crippen molar-refractivity contribution in [1.82, 2.24) is 4.90 Å². The van der Waals surface area contributed by atoms with Crippen LogP contribution in [0.1, 0.15) is 47.0 Å². The van der Waals surface area contributed by atoms with Crippen LogP contribution in [0, 0.1) is 5.92 Å². The highest BCUT2D eigenvalue weighted by Crippen LogP contribution is 2.15. The van der Waals surface area contributed by atoms with Crippen LogP contribution in [-0.4, -0.2) is 43.8 Å². The van der Waals surface area contributed by atoms with Gasteiger partial charge in [-0.2, -0.15) is 0 Å². The fourth-order valence-corrected chi connectivity index (χ4v) is 2.42. The third-order valence-corrected chi connectivity index (χ3v) is 3.44. The van der Waals surface area contributed by atoms with Crippen LogP contribution in [-0.2, 0) is 4.74 Å². The van der Waals surface area contributed by atoms with E-state index in [4.69, 9.17) is 10.5 Å². The van der Waals surface area contributed by atoms with Gasteiger partial charge in [-0.15, -0.1) is 0 Å². The summed E-state index contributed by atoms with van der Waals surface area (Å²) in [5.41, 5.74) is 5.95. The van der Waals surface area contributed by atoms with E-state index in [1.165, 1.54) is 19.3 Å². The summed E-state index contributed by atoms with van der Waals surface area (Å²) in [5, 5.41) is 0. The minimum Gasteiger partial charge on any atom is -0.384 e. The highest BCUT2D eigenvalue weighted by Gasteiger charge is 2.24. The molecule has 0 aromatic carbocycles. The first-order chi connectivity index (χ1) is 8.08. The molecule has 0 amide bonds. The van der Waals surface area contributed by atoms with Crippen LogP contribution < -0.4 is 5.73 Å². The predicted octanol–water partition coefficient (Wildman–Crippen LogP) is 2.50. The number of hydrogen-bond acceptors (Lipinski definition) is 3. The molecule has 0 aromatic rings. The SMILES string of the molecule is CCCCCN(C(C)C)C(CN)C(C)COC. The molecule has 2 N–H and O–H groups in total. The number of methoxy groups -OCH3 is 1. The number of ether oxygens (including phenoxy) is 1. The third kappa shape index (κ3) is 6.39. The molecule has 3 nitrogen and oxygen atoms in total. The molecule has 2 atom stereocenters. The Morgan fingerprint density at radius 3 is 2.24 bits per heavy atom. The number of unbranched alkanes of at least 4 members (excludes halogenated alkanes) is 2. The molecule has 17 heavy (non-hydrogen) atoms. The predicted molar refractivity (Wildman–Crippen MR) is 75.2 cm³/mol. The second-order valence-electron chi connectivity index (χ2n) is 5.27. The maximum absolute atomic E-state index is 5.95. The van der Waals surface area contributed by atoms with Gasteiger partial charge in [0.05, 0.1) is 6.61 Å². The lowest BCUT2D eigenvalue weighted by atomic mass is 9.99. The zero-order valence-electron chi connectivity index (χ0n) is 12.4. The summed E-state index contributed by atoms with van der Waals surface area (Å²) < 4.78 is 5.26. The van der Waals surface area contributed by atoms with E-state index >= 15 is 0 Å². The van der Waals surface area contributed by atoms with Gasteiger partial charge in [-0.05, 0) is 32.7 Å². The Bertz CT molecular complexity index is 174. The molecule has 0 radical (unpaired) electrons. The average molecular weight is 244 g/mol. The highest BCUT2D eigenvalue weighted by atomic mass is 16.5. The summed E-state index contributed by atoms with van der Waals surface area (Å²) in [5.74, 6) is 0.494. The van der Waals surface area contributed by atoms with Crippen LogP contribution >= 0.6 is 0 Å². The van der Waals surface area contributed by atoms with Gasteiger partial charge in [-0.1, -0.05) is 26.7 Å². The Balaban J connectivity index is 4.40. The molecule has 0 spiro atoms. The van der Waals surface area contributed by atoms with E-state index in [1.54, 1.807) is 7.11 Å². The van der Waals surface area contributed by atoms with Crippen LogP contribution in [0.5, 0.6) is 0 Å². The zero-order chi connectivity index (χ0) is 13.3. The van der Waals surface area contributed by atoms with Gasteiger partial charge in [0.25, 0.3) is 0 Å². The molecule has 104 valence electrons. The van der Waals surface area contributed by atoms with Gasteiger partial charge in [-0.25, -0.2) is 0 Å². The first-order valence-corrected chi connectivity index (χ1v) is 7.03. The summed E-state index contributed by atoms with van der Waals surface area (Å²) in [6, 6.07) is 0.992. The first kappa shape index (κ1) is 16.9. The van der Waals surface area contributed by atoms with E-state index in [0.717, 1.165) is 19.7 Å². The van der Waals surface area contributed by atoms with E-state index in [9.17, 15) is 0 Å². The number of nitrogens with two attached hydrogens (primary N) is 1. The van der Waals surface area contributed by atoms with Crippen molar-refractivity contribution in [3.63, 3.8) is 0 Å². The Morgan fingerprint density at radius 2 is 1.82 bits per heavy atom. The fraction of sp³-hybridized carbons (Fsp3) is 1.00. The van der Waals surface area contributed by atoms with Gasteiger partial charge in [-0.3, -0.25) is 4.90 Å². The fourth-order valence-electron chi connectivity index (χ4n) is 2.42. The molecular weight excluding hydrogens is 212 g/mol. The van der Waals surface area contributed by atoms with E-state index in [0.29, 0.717) is 18.0 Å². The number of rotatable bonds is 10. The van der Waals surface area contributed by atoms with Crippen LogP contribution in [0.25, 0.3) is 0 Å². The van der Waals surface area contributed by atoms with Crippen molar-refractivity contribution >= 4 is 0 Å². The molecule has 0 bridgehead atoms. The van der Waals surface area contributed by atoms with Crippen LogP contribution in [0.3, 0.4) is 0 Å². The molecule has 0 aromatic heterocycles. The standard InChI is InChI=1S/C14H32N2O/c1-6-7-8-9-16(12(2)3)14(10-15)13(4)11-17-5/h12-14H,6-11,15H2,1-5H3. The van der Waals surface area contributed by atoms with Crippen LogP contribution in [0.2, 0.25) is 0 Å². The second kappa shape index (κ2) is 9.86. The van der Waals surface area contributed by atoms with Gasteiger partial charge >= 0.3 is 0 Å². The molecule has 0 aliphatic heterocycles. The van der Waals surface area contributed by atoms with E-state index in [-0.39, 0.29) is 0 Å². The molecule has 0 saturated carbocycles. The second-order valence-corrected chi connectivity index (χ2v) is 5.27. The molecule has 0 fully saturated rings. The maximum Gasteiger partial charge on any atom is 0.0503 e.